The van der Waals surface area contributed by atoms with E-state index < -0.39 is 0 Å². The maximum Gasteiger partial charge on any atom is 0.275 e. The maximum atomic E-state index is 13.7. The normalized spacial score (nSPS) is 15.0. The van der Waals surface area contributed by atoms with Gasteiger partial charge in [0.05, 0.1) is 6.54 Å². The van der Waals surface area contributed by atoms with E-state index in [4.69, 9.17) is 4.42 Å². The first-order valence-corrected chi connectivity index (χ1v) is 10.4. The lowest BCUT2D eigenvalue weighted by Gasteiger charge is -2.28. The number of carbonyl (C=O) groups is 1. The first-order valence-electron chi connectivity index (χ1n) is 10.4. The molecule has 1 aliphatic rings. The van der Waals surface area contributed by atoms with Crippen molar-refractivity contribution < 1.29 is 13.6 Å². The van der Waals surface area contributed by atoms with Gasteiger partial charge in [0, 0.05) is 25.7 Å². The fourth-order valence-corrected chi connectivity index (χ4v) is 3.88. The van der Waals surface area contributed by atoms with E-state index in [1.54, 1.807) is 12.1 Å². The summed E-state index contributed by atoms with van der Waals surface area (Å²) in [7, 11) is 0. The van der Waals surface area contributed by atoms with Crippen LogP contribution in [0.2, 0.25) is 0 Å². The largest absolute Gasteiger partial charge is 0.447 e. The number of hydrogen-bond donors (Lipinski definition) is 0. The molecule has 2 aromatic carbocycles. The molecule has 3 aromatic rings. The third-order valence-corrected chi connectivity index (χ3v) is 5.61. The van der Waals surface area contributed by atoms with Gasteiger partial charge in [0.25, 0.3) is 5.91 Å². The molecule has 0 radical (unpaired) electrons. The average Bonchev–Trinajstić information content (AvgIpc) is 3.45. The highest BCUT2D eigenvalue weighted by atomic mass is 19.1. The lowest BCUT2D eigenvalue weighted by Crippen LogP contribution is -2.28. The predicted octanol–water partition coefficient (Wildman–Crippen LogP) is 4.81. The molecule has 1 atom stereocenters. The Kier molecular flexibility index (Phi) is 6.23. The Balaban J connectivity index is 1.54. The highest BCUT2D eigenvalue weighted by molar-refractivity contribution is 5.92. The van der Waals surface area contributed by atoms with Crippen LogP contribution >= 0.6 is 0 Å². The molecule has 1 aromatic heterocycles. The van der Waals surface area contributed by atoms with E-state index in [0.29, 0.717) is 24.7 Å². The minimum absolute atomic E-state index is 0.0547. The molecule has 0 bridgehead atoms. The molecule has 0 aliphatic carbocycles. The summed E-state index contributed by atoms with van der Waals surface area (Å²) in [5.41, 5.74) is 2.37. The van der Waals surface area contributed by atoms with Crippen molar-refractivity contribution in [3.63, 3.8) is 0 Å². The van der Waals surface area contributed by atoms with Crippen molar-refractivity contribution >= 4 is 5.91 Å². The van der Waals surface area contributed by atoms with Crippen molar-refractivity contribution in [2.45, 2.75) is 38.9 Å². The first-order chi connectivity index (χ1) is 14.6. The Morgan fingerprint density at radius 2 is 1.90 bits per heavy atom. The van der Waals surface area contributed by atoms with Crippen LogP contribution in [0.1, 0.15) is 53.3 Å². The minimum Gasteiger partial charge on any atom is -0.447 e. The van der Waals surface area contributed by atoms with Crippen LogP contribution in [0.15, 0.2) is 65.3 Å². The summed E-state index contributed by atoms with van der Waals surface area (Å²) in [6.07, 6.45) is 3.52. The number of benzene rings is 2. The van der Waals surface area contributed by atoms with Crippen LogP contribution < -0.4 is 0 Å². The summed E-state index contributed by atoms with van der Waals surface area (Å²) in [4.78, 5) is 21.0. The second-order valence-corrected chi connectivity index (χ2v) is 7.75. The number of hydrogen-bond acceptors (Lipinski definition) is 4. The molecule has 156 valence electrons. The van der Waals surface area contributed by atoms with Gasteiger partial charge in [0.2, 0.25) is 5.89 Å². The van der Waals surface area contributed by atoms with Gasteiger partial charge in [-0.05, 0) is 43.0 Å². The molecule has 2 heterocycles. The third-order valence-electron chi connectivity index (χ3n) is 5.61. The van der Waals surface area contributed by atoms with Gasteiger partial charge in [-0.15, -0.1) is 0 Å². The molecule has 6 heteroatoms. The SMILES string of the molecule is CC(c1ccccc1)N(Cc1cccc(F)c1)Cc1nc(C(=O)N2CCCC2)co1. The number of amides is 1. The summed E-state index contributed by atoms with van der Waals surface area (Å²) in [6, 6.07) is 16.8. The van der Waals surface area contributed by atoms with Crippen LogP contribution in [-0.2, 0) is 13.1 Å². The molecule has 1 aliphatic heterocycles. The molecule has 1 amide bonds. The fraction of sp³-hybridized carbons (Fsp3) is 0.333. The van der Waals surface area contributed by atoms with Crippen molar-refractivity contribution in [3.8, 4) is 0 Å². The lowest BCUT2D eigenvalue weighted by molar-refractivity contribution is 0.0787. The summed E-state index contributed by atoms with van der Waals surface area (Å²) in [6.45, 7) is 4.61. The zero-order valence-corrected chi connectivity index (χ0v) is 17.1. The van der Waals surface area contributed by atoms with Crippen molar-refractivity contribution in [1.29, 1.82) is 0 Å². The van der Waals surface area contributed by atoms with E-state index in [1.165, 1.54) is 12.3 Å². The van der Waals surface area contributed by atoms with Crippen LogP contribution in [-0.4, -0.2) is 33.8 Å². The van der Waals surface area contributed by atoms with Gasteiger partial charge in [0.1, 0.15) is 12.1 Å². The second kappa shape index (κ2) is 9.22. The summed E-state index contributed by atoms with van der Waals surface area (Å²) >= 11 is 0. The number of likely N-dealkylation sites (tertiary alicyclic amines) is 1. The molecular formula is C24H26FN3O2. The highest BCUT2D eigenvalue weighted by Crippen LogP contribution is 2.25. The maximum absolute atomic E-state index is 13.7. The summed E-state index contributed by atoms with van der Waals surface area (Å²) in [5, 5.41) is 0. The number of rotatable bonds is 7. The van der Waals surface area contributed by atoms with Crippen LogP contribution in [0, 0.1) is 5.82 Å². The number of carbonyl (C=O) groups excluding carboxylic acids is 1. The zero-order valence-electron chi connectivity index (χ0n) is 17.1. The number of oxazole rings is 1. The second-order valence-electron chi connectivity index (χ2n) is 7.75. The van der Waals surface area contributed by atoms with Crippen LogP contribution in [0.3, 0.4) is 0 Å². The molecule has 4 rings (SSSR count). The number of nitrogens with zero attached hydrogens (tertiary/aromatic N) is 3. The molecule has 1 saturated heterocycles. The molecule has 0 spiro atoms. The lowest BCUT2D eigenvalue weighted by atomic mass is 10.1. The van der Waals surface area contributed by atoms with E-state index in [1.807, 2.05) is 29.2 Å². The van der Waals surface area contributed by atoms with Crippen LogP contribution in [0.5, 0.6) is 0 Å². The Labute approximate surface area is 176 Å². The van der Waals surface area contributed by atoms with Gasteiger partial charge >= 0.3 is 0 Å². The van der Waals surface area contributed by atoms with Gasteiger partial charge < -0.3 is 9.32 Å². The van der Waals surface area contributed by atoms with Gasteiger partial charge in [-0.3, -0.25) is 9.69 Å². The van der Waals surface area contributed by atoms with E-state index >= 15 is 0 Å². The third kappa shape index (κ3) is 4.76. The smallest absolute Gasteiger partial charge is 0.275 e. The Hall–Kier alpha value is -2.99. The van der Waals surface area contributed by atoms with Gasteiger partial charge in [0.15, 0.2) is 5.69 Å². The fourth-order valence-electron chi connectivity index (χ4n) is 3.88. The van der Waals surface area contributed by atoms with E-state index in [2.05, 4.69) is 28.9 Å². The number of halogens is 1. The van der Waals surface area contributed by atoms with E-state index in [-0.39, 0.29) is 17.8 Å². The Morgan fingerprint density at radius 3 is 2.63 bits per heavy atom. The van der Waals surface area contributed by atoms with Crippen LogP contribution in [0.25, 0.3) is 0 Å². The number of aromatic nitrogens is 1. The quantitative estimate of drug-likeness (QED) is 0.564. The molecule has 0 N–H and O–H groups in total. The predicted molar refractivity (Wildman–Crippen MR) is 112 cm³/mol. The Morgan fingerprint density at radius 1 is 1.13 bits per heavy atom. The van der Waals surface area contributed by atoms with Crippen molar-refractivity contribution in [2.75, 3.05) is 13.1 Å². The van der Waals surface area contributed by atoms with Gasteiger partial charge in [-0.25, -0.2) is 9.37 Å². The molecule has 30 heavy (non-hydrogen) atoms. The standard InChI is InChI=1S/C24H26FN3O2/c1-18(20-9-3-2-4-10-20)28(15-19-8-7-11-21(25)14-19)16-23-26-22(17-30-23)24(29)27-12-5-6-13-27/h2-4,7-11,14,17-18H,5-6,12-13,15-16H2,1H3. The van der Waals surface area contributed by atoms with Crippen molar-refractivity contribution in [3.05, 3.63) is 89.4 Å². The molecular weight excluding hydrogens is 381 g/mol. The summed E-state index contributed by atoms with van der Waals surface area (Å²) < 4.78 is 19.4. The molecule has 1 fully saturated rings. The molecule has 5 nitrogen and oxygen atoms in total. The minimum atomic E-state index is -0.255. The van der Waals surface area contributed by atoms with Gasteiger partial charge in [-0.2, -0.15) is 0 Å². The topological polar surface area (TPSA) is 49.6 Å². The van der Waals surface area contributed by atoms with Crippen LogP contribution in [0.4, 0.5) is 4.39 Å². The first kappa shape index (κ1) is 20.3. The van der Waals surface area contributed by atoms with Crippen molar-refractivity contribution in [2.24, 2.45) is 0 Å². The summed E-state index contributed by atoms with van der Waals surface area (Å²) in [5.74, 6) is 0.154. The average molecular weight is 407 g/mol. The van der Waals surface area contributed by atoms with E-state index in [0.717, 1.165) is 37.1 Å². The highest BCUT2D eigenvalue weighted by Gasteiger charge is 2.24. The molecule has 1 unspecified atom stereocenters. The molecule has 0 saturated carbocycles. The van der Waals surface area contributed by atoms with Crippen molar-refractivity contribution in [1.82, 2.24) is 14.8 Å². The monoisotopic (exact) mass is 407 g/mol. The van der Waals surface area contributed by atoms with Gasteiger partial charge in [-0.1, -0.05) is 42.5 Å². The zero-order chi connectivity index (χ0) is 20.9. The van der Waals surface area contributed by atoms with E-state index in [9.17, 15) is 9.18 Å². The Bertz CT molecular complexity index is 983.